The van der Waals surface area contributed by atoms with Gasteiger partial charge in [-0.3, -0.25) is 19.6 Å². The van der Waals surface area contributed by atoms with Gasteiger partial charge in [-0.25, -0.2) is 4.68 Å². The zero-order valence-corrected chi connectivity index (χ0v) is 19.4. The molecule has 0 amide bonds. The van der Waals surface area contributed by atoms with Crippen molar-refractivity contribution in [1.29, 1.82) is 0 Å². The zero-order valence-electron chi connectivity index (χ0n) is 19.4. The molecule has 0 aliphatic carbocycles. The maximum Gasteiger partial charge on any atom is 0.271 e. The van der Waals surface area contributed by atoms with Gasteiger partial charge in [0.05, 0.1) is 10.6 Å². The van der Waals surface area contributed by atoms with Gasteiger partial charge in [0.25, 0.3) is 11.2 Å². The lowest BCUT2D eigenvalue weighted by atomic mass is 10.0. The van der Waals surface area contributed by atoms with Gasteiger partial charge >= 0.3 is 0 Å². The van der Waals surface area contributed by atoms with Crippen molar-refractivity contribution in [3.05, 3.63) is 56.5 Å². The van der Waals surface area contributed by atoms with Crippen molar-refractivity contribution in [3.8, 4) is 5.69 Å². The number of nitro groups is 1. The number of aryl methyl sites for hydroxylation is 1. The van der Waals surface area contributed by atoms with Crippen molar-refractivity contribution in [3.63, 3.8) is 0 Å². The van der Waals surface area contributed by atoms with Crippen molar-refractivity contribution >= 4 is 5.69 Å². The molecule has 0 aliphatic heterocycles. The summed E-state index contributed by atoms with van der Waals surface area (Å²) in [6.07, 6.45) is 18.1. The molecule has 2 rings (SSSR count). The fraction of sp³-hybridized carbons (Fsp3) is 0.640. The second kappa shape index (κ2) is 13.8. The first kappa shape index (κ1) is 24.9. The van der Waals surface area contributed by atoms with Crippen molar-refractivity contribution in [2.45, 2.75) is 96.8 Å². The van der Waals surface area contributed by atoms with E-state index >= 15 is 0 Å². The van der Waals surface area contributed by atoms with E-state index in [4.69, 9.17) is 0 Å². The first-order valence-electron chi connectivity index (χ1n) is 12.1. The van der Waals surface area contributed by atoms with Crippen LogP contribution in [0.4, 0.5) is 5.69 Å². The highest BCUT2D eigenvalue weighted by Gasteiger charge is 2.11. The third-order valence-electron chi connectivity index (χ3n) is 6.06. The molecule has 0 N–H and O–H groups in total. The molecule has 0 radical (unpaired) electrons. The van der Waals surface area contributed by atoms with Crippen LogP contribution in [-0.4, -0.2) is 14.3 Å². The van der Waals surface area contributed by atoms with Crippen LogP contribution in [-0.2, 0) is 13.5 Å². The van der Waals surface area contributed by atoms with Crippen LogP contribution < -0.4 is 5.56 Å². The molecule has 0 spiro atoms. The highest BCUT2D eigenvalue weighted by atomic mass is 16.6. The maximum atomic E-state index is 12.4. The second-order valence-corrected chi connectivity index (χ2v) is 8.58. The van der Waals surface area contributed by atoms with E-state index in [2.05, 4.69) is 6.92 Å². The Bertz CT molecular complexity index is 837. The summed E-state index contributed by atoms with van der Waals surface area (Å²) in [5, 5.41) is 10.8. The predicted molar refractivity (Wildman–Crippen MR) is 127 cm³/mol. The summed E-state index contributed by atoms with van der Waals surface area (Å²) in [6, 6.07) is 7.78. The van der Waals surface area contributed by atoms with E-state index < -0.39 is 4.92 Å². The number of nitro benzene ring substituents is 1. The smallest absolute Gasteiger partial charge is 0.271 e. The van der Waals surface area contributed by atoms with Gasteiger partial charge in [-0.15, -0.1) is 0 Å². The van der Waals surface area contributed by atoms with Crippen molar-refractivity contribution < 1.29 is 4.92 Å². The van der Waals surface area contributed by atoms with E-state index in [0.717, 1.165) is 18.5 Å². The van der Waals surface area contributed by atoms with E-state index in [1.54, 1.807) is 22.9 Å². The normalized spacial score (nSPS) is 11.2. The minimum Gasteiger partial charge on any atom is -0.285 e. The molecule has 0 atom stereocenters. The lowest BCUT2D eigenvalue weighted by molar-refractivity contribution is -0.384. The molecule has 0 bridgehead atoms. The fourth-order valence-corrected chi connectivity index (χ4v) is 4.15. The Morgan fingerprint density at radius 1 is 0.806 bits per heavy atom. The SMILES string of the molecule is CCCCCCCCCCCCCCCc1cc(=O)n(-c2ccc([N+](=O)[O-])cc2)n1C. The van der Waals surface area contributed by atoms with E-state index in [-0.39, 0.29) is 11.2 Å². The van der Waals surface area contributed by atoms with E-state index in [0.29, 0.717) is 5.69 Å². The predicted octanol–water partition coefficient (Wildman–Crippen LogP) is 6.72. The molecule has 0 saturated carbocycles. The molecule has 0 saturated heterocycles. The van der Waals surface area contributed by atoms with Crippen LogP contribution in [0.3, 0.4) is 0 Å². The average Bonchev–Trinajstić information content (AvgIpc) is 3.04. The van der Waals surface area contributed by atoms with Gasteiger partial charge in [0.1, 0.15) is 0 Å². The van der Waals surface area contributed by atoms with Crippen LogP contribution >= 0.6 is 0 Å². The lowest BCUT2D eigenvalue weighted by Crippen LogP contribution is -2.19. The fourth-order valence-electron chi connectivity index (χ4n) is 4.15. The average molecular weight is 430 g/mol. The van der Waals surface area contributed by atoms with E-state index in [1.165, 1.54) is 89.2 Å². The standard InChI is InChI=1S/C25H39N3O3/c1-3-4-5-6-7-8-9-10-11-12-13-14-15-16-24-21-25(29)27(26(24)2)22-17-19-23(20-18-22)28(30)31/h17-21H,3-16H2,1-2H3. The molecule has 1 aromatic heterocycles. The zero-order chi connectivity index (χ0) is 22.5. The number of unbranched alkanes of at least 4 members (excludes halogenated alkanes) is 12. The highest BCUT2D eigenvalue weighted by molar-refractivity contribution is 5.40. The Balaban J connectivity index is 1.64. The van der Waals surface area contributed by atoms with Crippen LogP contribution in [0, 0.1) is 10.1 Å². The summed E-state index contributed by atoms with van der Waals surface area (Å²) in [4.78, 5) is 22.8. The van der Waals surface area contributed by atoms with Gasteiger partial charge in [-0.2, -0.15) is 0 Å². The third-order valence-corrected chi connectivity index (χ3v) is 6.06. The number of aromatic nitrogens is 2. The van der Waals surface area contributed by atoms with Gasteiger partial charge in [0.15, 0.2) is 0 Å². The molecule has 1 heterocycles. The number of hydrogen-bond donors (Lipinski definition) is 0. The van der Waals surface area contributed by atoms with Crippen molar-refractivity contribution in [2.75, 3.05) is 0 Å². The Morgan fingerprint density at radius 3 is 1.77 bits per heavy atom. The second-order valence-electron chi connectivity index (χ2n) is 8.58. The quantitative estimate of drug-likeness (QED) is 0.169. The molecule has 0 fully saturated rings. The number of hydrogen-bond acceptors (Lipinski definition) is 3. The Hall–Kier alpha value is -2.37. The number of benzene rings is 1. The van der Waals surface area contributed by atoms with Crippen LogP contribution in [0.1, 0.15) is 96.1 Å². The summed E-state index contributed by atoms with van der Waals surface area (Å²) < 4.78 is 3.44. The monoisotopic (exact) mass is 429 g/mol. The largest absolute Gasteiger partial charge is 0.285 e. The molecule has 31 heavy (non-hydrogen) atoms. The summed E-state index contributed by atoms with van der Waals surface area (Å²) >= 11 is 0. The minimum atomic E-state index is -0.433. The summed E-state index contributed by atoms with van der Waals surface area (Å²) in [6.45, 7) is 2.26. The summed E-state index contributed by atoms with van der Waals surface area (Å²) in [5.74, 6) is 0. The highest BCUT2D eigenvalue weighted by Crippen LogP contribution is 2.16. The van der Waals surface area contributed by atoms with E-state index in [1.807, 2.05) is 11.7 Å². The van der Waals surface area contributed by atoms with E-state index in [9.17, 15) is 14.9 Å². The van der Waals surface area contributed by atoms with Crippen LogP contribution in [0.5, 0.6) is 0 Å². The van der Waals surface area contributed by atoms with Gasteiger partial charge in [-0.1, -0.05) is 84.0 Å². The van der Waals surface area contributed by atoms with Gasteiger partial charge in [0.2, 0.25) is 0 Å². The van der Waals surface area contributed by atoms with Gasteiger partial charge < -0.3 is 0 Å². The number of non-ortho nitro benzene ring substituents is 1. The number of rotatable bonds is 16. The molecule has 172 valence electrons. The first-order chi connectivity index (χ1) is 15.0. The van der Waals surface area contributed by atoms with Crippen LogP contribution in [0.2, 0.25) is 0 Å². The van der Waals surface area contributed by atoms with Crippen LogP contribution in [0.25, 0.3) is 5.69 Å². The molecule has 0 unspecified atom stereocenters. The summed E-state index contributed by atoms with van der Waals surface area (Å²) in [5.41, 5.74) is 1.58. The summed E-state index contributed by atoms with van der Waals surface area (Å²) in [7, 11) is 1.88. The molecule has 0 aliphatic rings. The topological polar surface area (TPSA) is 70.1 Å². The Labute approximate surface area is 186 Å². The molecule has 6 heteroatoms. The lowest BCUT2D eigenvalue weighted by Gasteiger charge is -2.10. The van der Waals surface area contributed by atoms with Crippen LogP contribution in [0.15, 0.2) is 35.1 Å². The molecular formula is C25H39N3O3. The molecule has 2 aromatic rings. The molecule has 6 nitrogen and oxygen atoms in total. The maximum absolute atomic E-state index is 12.4. The van der Waals surface area contributed by atoms with Crippen molar-refractivity contribution in [1.82, 2.24) is 9.36 Å². The van der Waals surface area contributed by atoms with Gasteiger partial charge in [-0.05, 0) is 25.0 Å². The van der Waals surface area contributed by atoms with Gasteiger partial charge in [0, 0.05) is 30.9 Å². The third kappa shape index (κ3) is 8.35. The van der Waals surface area contributed by atoms with Crippen molar-refractivity contribution in [2.24, 2.45) is 7.05 Å². The number of nitrogens with zero attached hydrogens (tertiary/aromatic N) is 3. The Kier molecular flexibility index (Phi) is 11.1. The molecule has 1 aromatic carbocycles. The Morgan fingerprint density at radius 2 is 1.29 bits per heavy atom. The molecular weight excluding hydrogens is 390 g/mol. The minimum absolute atomic E-state index is 0.0261. The first-order valence-corrected chi connectivity index (χ1v) is 12.1.